The second-order valence-electron chi connectivity index (χ2n) is 5.85. The zero-order valence-electron chi connectivity index (χ0n) is 13.6. The van der Waals surface area contributed by atoms with Gasteiger partial charge < -0.3 is 9.88 Å². The molecule has 1 heterocycles. The van der Waals surface area contributed by atoms with E-state index >= 15 is 0 Å². The maximum absolute atomic E-state index is 13.3. The number of nitro groups is 1. The summed E-state index contributed by atoms with van der Waals surface area (Å²) in [6, 6.07) is 3.24. The smallest absolute Gasteiger partial charge is 0.306 e. The lowest BCUT2D eigenvalue weighted by Crippen LogP contribution is -2.23. The molecule has 1 aliphatic carbocycles. The van der Waals surface area contributed by atoms with E-state index in [0.29, 0.717) is 11.1 Å². The summed E-state index contributed by atoms with van der Waals surface area (Å²) in [5, 5.41) is 21.7. The standard InChI is InChI=1S/C15H16FN5O3S/c1-8(25-15-19-18-13(20(15)2)9-3-4-9)14(22)17-10-5-6-11(16)12(7-10)21(23)24/h5-9H,3-4H2,1-2H3,(H,17,22)/t8-/m0/s1. The quantitative estimate of drug-likeness (QED) is 0.480. The van der Waals surface area contributed by atoms with Crippen molar-refractivity contribution in [3.63, 3.8) is 0 Å². The van der Waals surface area contributed by atoms with E-state index in [2.05, 4.69) is 15.5 Å². The van der Waals surface area contributed by atoms with Crippen LogP contribution in [0.15, 0.2) is 23.4 Å². The molecule has 0 radical (unpaired) electrons. The van der Waals surface area contributed by atoms with Gasteiger partial charge >= 0.3 is 5.69 Å². The van der Waals surface area contributed by atoms with Crippen molar-refractivity contribution < 1.29 is 14.1 Å². The van der Waals surface area contributed by atoms with Gasteiger partial charge in [0.05, 0.1) is 10.2 Å². The Morgan fingerprint density at radius 2 is 2.20 bits per heavy atom. The third-order valence-electron chi connectivity index (χ3n) is 3.87. The number of carbonyl (C=O) groups is 1. The number of carbonyl (C=O) groups excluding carboxylic acids is 1. The van der Waals surface area contributed by atoms with Crippen LogP contribution in [0, 0.1) is 15.9 Å². The zero-order chi connectivity index (χ0) is 18.1. The van der Waals surface area contributed by atoms with Gasteiger partial charge in [-0.3, -0.25) is 14.9 Å². The average Bonchev–Trinajstić information content (AvgIpc) is 3.34. The molecule has 0 aliphatic heterocycles. The summed E-state index contributed by atoms with van der Waals surface area (Å²) >= 11 is 1.25. The van der Waals surface area contributed by atoms with Crippen LogP contribution in [-0.2, 0) is 11.8 Å². The summed E-state index contributed by atoms with van der Waals surface area (Å²) in [7, 11) is 1.87. The number of rotatable bonds is 6. The van der Waals surface area contributed by atoms with Crippen molar-refractivity contribution in [2.45, 2.75) is 36.1 Å². The molecule has 132 valence electrons. The van der Waals surface area contributed by atoms with Crippen LogP contribution in [0.5, 0.6) is 0 Å². The van der Waals surface area contributed by atoms with Crippen LogP contribution in [0.25, 0.3) is 0 Å². The Balaban J connectivity index is 1.67. The predicted molar refractivity (Wildman–Crippen MR) is 90.0 cm³/mol. The van der Waals surface area contributed by atoms with Crippen molar-refractivity contribution in [2.24, 2.45) is 7.05 Å². The highest BCUT2D eigenvalue weighted by Gasteiger charge is 2.30. The second-order valence-corrected chi connectivity index (χ2v) is 7.15. The zero-order valence-corrected chi connectivity index (χ0v) is 14.4. The van der Waals surface area contributed by atoms with Gasteiger partial charge in [-0.25, -0.2) is 0 Å². The van der Waals surface area contributed by atoms with Crippen LogP contribution in [0.3, 0.4) is 0 Å². The molecular formula is C15H16FN5O3S. The van der Waals surface area contributed by atoms with Gasteiger partial charge in [0.25, 0.3) is 0 Å². The third kappa shape index (κ3) is 3.78. The van der Waals surface area contributed by atoms with Gasteiger partial charge in [0.2, 0.25) is 11.7 Å². The Hall–Kier alpha value is -2.49. The summed E-state index contributed by atoms with van der Waals surface area (Å²) < 4.78 is 15.2. The molecule has 1 aromatic carbocycles. The normalized spacial score (nSPS) is 15.0. The van der Waals surface area contributed by atoms with Gasteiger partial charge in [-0.15, -0.1) is 10.2 Å². The molecular weight excluding hydrogens is 349 g/mol. The molecule has 2 aromatic rings. The molecule has 0 bridgehead atoms. The Morgan fingerprint density at radius 1 is 1.48 bits per heavy atom. The van der Waals surface area contributed by atoms with Crippen molar-refractivity contribution >= 4 is 29.0 Å². The first kappa shape index (κ1) is 17.3. The molecule has 0 unspecified atom stereocenters. The van der Waals surface area contributed by atoms with Gasteiger partial charge in [0.1, 0.15) is 5.82 Å². The van der Waals surface area contributed by atoms with Gasteiger partial charge in [-0.2, -0.15) is 4.39 Å². The topological polar surface area (TPSA) is 103 Å². The number of nitrogens with zero attached hydrogens (tertiary/aromatic N) is 4. The SMILES string of the molecule is C[C@H](Sc1nnc(C2CC2)n1C)C(=O)Nc1ccc(F)c([N+](=O)[O-])c1. The first-order valence-electron chi connectivity index (χ1n) is 7.67. The Kier molecular flexibility index (Phi) is 4.71. The largest absolute Gasteiger partial charge is 0.325 e. The average molecular weight is 365 g/mol. The van der Waals surface area contributed by atoms with E-state index in [1.165, 1.54) is 17.8 Å². The Labute approximate surface area is 147 Å². The van der Waals surface area contributed by atoms with Crippen LogP contribution >= 0.6 is 11.8 Å². The van der Waals surface area contributed by atoms with Crippen LogP contribution in [0.2, 0.25) is 0 Å². The van der Waals surface area contributed by atoms with Crippen LogP contribution in [0.4, 0.5) is 15.8 Å². The van der Waals surface area contributed by atoms with E-state index in [9.17, 15) is 19.3 Å². The number of nitrogens with one attached hydrogen (secondary N) is 1. The highest BCUT2D eigenvalue weighted by atomic mass is 32.2. The van der Waals surface area contributed by atoms with E-state index in [-0.39, 0.29) is 11.6 Å². The lowest BCUT2D eigenvalue weighted by molar-refractivity contribution is -0.387. The minimum absolute atomic E-state index is 0.169. The Morgan fingerprint density at radius 3 is 2.84 bits per heavy atom. The van der Waals surface area contributed by atoms with Crippen LogP contribution in [0.1, 0.15) is 31.5 Å². The number of amides is 1. The summed E-state index contributed by atoms with van der Waals surface area (Å²) in [6.07, 6.45) is 2.21. The Bertz CT molecular complexity index is 837. The molecule has 1 N–H and O–H groups in total. The highest BCUT2D eigenvalue weighted by molar-refractivity contribution is 8.00. The summed E-state index contributed by atoms with van der Waals surface area (Å²) in [4.78, 5) is 22.2. The fourth-order valence-electron chi connectivity index (χ4n) is 2.31. The number of aromatic nitrogens is 3. The second kappa shape index (κ2) is 6.79. The number of nitro benzene ring substituents is 1. The van der Waals surface area contributed by atoms with Crippen molar-refractivity contribution in [1.82, 2.24) is 14.8 Å². The molecule has 25 heavy (non-hydrogen) atoms. The third-order valence-corrected chi connectivity index (χ3v) is 5.01. The number of thioether (sulfide) groups is 1. The number of anilines is 1. The van der Waals surface area contributed by atoms with Gasteiger partial charge in [0.15, 0.2) is 5.16 Å². The predicted octanol–water partition coefficient (Wildman–Crippen LogP) is 2.86. The van der Waals surface area contributed by atoms with E-state index in [0.717, 1.165) is 30.8 Å². The minimum Gasteiger partial charge on any atom is -0.325 e. The summed E-state index contributed by atoms with van der Waals surface area (Å²) in [5.41, 5.74) is -0.511. The fourth-order valence-corrected chi connectivity index (χ4v) is 3.13. The highest BCUT2D eigenvalue weighted by Crippen LogP contribution is 2.39. The molecule has 10 heteroatoms. The molecule has 8 nitrogen and oxygen atoms in total. The van der Waals surface area contributed by atoms with Crippen LogP contribution in [-0.4, -0.2) is 30.8 Å². The monoisotopic (exact) mass is 365 g/mol. The first-order valence-corrected chi connectivity index (χ1v) is 8.55. The van der Waals surface area contributed by atoms with Gasteiger partial charge in [-0.05, 0) is 31.9 Å². The molecule has 1 atom stereocenters. The number of benzene rings is 1. The maximum atomic E-state index is 13.3. The molecule has 1 fully saturated rings. The molecule has 0 spiro atoms. The summed E-state index contributed by atoms with van der Waals surface area (Å²) in [5.74, 6) is 0.0685. The molecule has 1 aliphatic rings. The molecule has 3 rings (SSSR count). The van der Waals surface area contributed by atoms with Gasteiger partial charge in [0, 0.05) is 24.7 Å². The number of halogens is 1. The van der Waals surface area contributed by atoms with E-state index in [1.807, 2.05) is 11.6 Å². The summed E-state index contributed by atoms with van der Waals surface area (Å²) in [6.45, 7) is 1.70. The lowest BCUT2D eigenvalue weighted by atomic mass is 10.2. The van der Waals surface area contributed by atoms with Gasteiger partial charge in [-0.1, -0.05) is 11.8 Å². The maximum Gasteiger partial charge on any atom is 0.306 e. The number of hydrogen-bond acceptors (Lipinski definition) is 6. The number of hydrogen-bond donors (Lipinski definition) is 1. The van der Waals surface area contributed by atoms with Crippen LogP contribution < -0.4 is 5.32 Å². The first-order chi connectivity index (χ1) is 11.9. The molecule has 1 amide bonds. The molecule has 1 aromatic heterocycles. The minimum atomic E-state index is -0.947. The fraction of sp³-hybridized carbons (Fsp3) is 0.400. The van der Waals surface area contributed by atoms with Crippen molar-refractivity contribution in [3.05, 3.63) is 40.0 Å². The van der Waals surface area contributed by atoms with E-state index in [1.54, 1.807) is 6.92 Å². The van der Waals surface area contributed by atoms with Crippen molar-refractivity contribution in [3.8, 4) is 0 Å². The van der Waals surface area contributed by atoms with E-state index < -0.39 is 21.7 Å². The van der Waals surface area contributed by atoms with Crippen molar-refractivity contribution in [2.75, 3.05) is 5.32 Å². The molecule has 0 saturated heterocycles. The molecule has 1 saturated carbocycles. The lowest BCUT2D eigenvalue weighted by Gasteiger charge is -2.11. The van der Waals surface area contributed by atoms with E-state index in [4.69, 9.17) is 0 Å². The van der Waals surface area contributed by atoms with Crippen molar-refractivity contribution in [1.29, 1.82) is 0 Å².